The monoisotopic (exact) mass is 329 g/mol. The zero-order valence-electron chi connectivity index (χ0n) is 13.7. The maximum absolute atomic E-state index is 12.6. The molecule has 2 atom stereocenters. The summed E-state index contributed by atoms with van der Waals surface area (Å²) in [6, 6.07) is 9.44. The molecule has 2 unspecified atom stereocenters. The molecule has 3 rings (SSSR count). The molecule has 6 nitrogen and oxygen atoms in total. The van der Waals surface area contributed by atoms with Crippen LogP contribution in [0.15, 0.2) is 46.6 Å². The van der Waals surface area contributed by atoms with Gasteiger partial charge in [-0.1, -0.05) is 30.3 Å². The standard InChI is InChI=1S/C18H19NO5/c1-11-14(17(20)23-9-8-22-2)15(12-6-4-3-5-7-12)16-13(19-11)10-24-18(16)21/h3-7,15-16H,8-10H2,1-2H3. The number of methoxy groups -OCH3 is 1. The Morgan fingerprint density at radius 3 is 2.71 bits per heavy atom. The van der Waals surface area contributed by atoms with E-state index in [0.717, 1.165) is 5.56 Å². The van der Waals surface area contributed by atoms with Crippen molar-refractivity contribution < 1.29 is 23.8 Å². The van der Waals surface area contributed by atoms with Gasteiger partial charge in [0.15, 0.2) is 0 Å². The van der Waals surface area contributed by atoms with E-state index in [1.807, 2.05) is 30.3 Å². The van der Waals surface area contributed by atoms with Crippen LogP contribution in [0.25, 0.3) is 0 Å². The van der Waals surface area contributed by atoms with Crippen LogP contribution in [-0.2, 0) is 23.8 Å². The van der Waals surface area contributed by atoms with Gasteiger partial charge < -0.3 is 14.2 Å². The maximum Gasteiger partial charge on any atom is 0.336 e. The molecule has 0 saturated carbocycles. The van der Waals surface area contributed by atoms with Crippen LogP contribution in [0.5, 0.6) is 0 Å². The van der Waals surface area contributed by atoms with E-state index in [-0.39, 0.29) is 19.2 Å². The Hall–Kier alpha value is -2.47. The minimum Gasteiger partial charge on any atom is -0.460 e. The van der Waals surface area contributed by atoms with E-state index in [4.69, 9.17) is 14.2 Å². The number of hydrogen-bond acceptors (Lipinski definition) is 6. The van der Waals surface area contributed by atoms with Crippen molar-refractivity contribution in [3.8, 4) is 0 Å². The number of fused-ring (bicyclic) bond motifs is 1. The van der Waals surface area contributed by atoms with Crippen LogP contribution in [0.1, 0.15) is 18.4 Å². The molecule has 1 aromatic rings. The zero-order valence-corrected chi connectivity index (χ0v) is 13.7. The van der Waals surface area contributed by atoms with Gasteiger partial charge >= 0.3 is 11.9 Å². The average molecular weight is 329 g/mol. The van der Waals surface area contributed by atoms with Crippen molar-refractivity contribution in [3.05, 3.63) is 47.2 Å². The first-order valence-corrected chi connectivity index (χ1v) is 7.79. The largest absolute Gasteiger partial charge is 0.460 e. The van der Waals surface area contributed by atoms with Gasteiger partial charge in [0.05, 0.1) is 17.9 Å². The number of aliphatic imine (C=N–C) groups is 1. The molecule has 126 valence electrons. The summed E-state index contributed by atoms with van der Waals surface area (Å²) in [5, 5.41) is 0. The number of ether oxygens (including phenoxy) is 3. The number of carbonyl (C=O) groups excluding carboxylic acids is 2. The molecule has 1 aromatic carbocycles. The highest BCUT2D eigenvalue weighted by Crippen LogP contribution is 2.41. The summed E-state index contributed by atoms with van der Waals surface area (Å²) < 4.78 is 15.4. The second-order valence-corrected chi connectivity index (χ2v) is 5.70. The summed E-state index contributed by atoms with van der Waals surface area (Å²) in [5.74, 6) is -1.83. The van der Waals surface area contributed by atoms with Crippen LogP contribution >= 0.6 is 0 Å². The molecule has 1 saturated heterocycles. The number of cyclic esters (lactones) is 1. The van der Waals surface area contributed by atoms with Crippen molar-refractivity contribution >= 4 is 17.7 Å². The Kier molecular flexibility index (Phi) is 4.76. The molecule has 24 heavy (non-hydrogen) atoms. The highest BCUT2D eigenvalue weighted by molar-refractivity contribution is 6.12. The van der Waals surface area contributed by atoms with E-state index < -0.39 is 17.8 Å². The van der Waals surface area contributed by atoms with Gasteiger partial charge in [0, 0.05) is 18.7 Å². The average Bonchev–Trinajstić information content (AvgIpc) is 2.95. The second kappa shape index (κ2) is 6.97. The first-order valence-electron chi connectivity index (χ1n) is 7.79. The Morgan fingerprint density at radius 1 is 1.25 bits per heavy atom. The lowest BCUT2D eigenvalue weighted by molar-refractivity contribution is -0.142. The summed E-state index contributed by atoms with van der Waals surface area (Å²) in [6.07, 6.45) is 0. The lowest BCUT2D eigenvalue weighted by Gasteiger charge is -2.28. The number of nitrogens with zero attached hydrogens (tertiary/aromatic N) is 1. The predicted molar refractivity (Wildman–Crippen MR) is 86.6 cm³/mol. The summed E-state index contributed by atoms with van der Waals surface area (Å²) in [5.41, 5.74) is 2.51. The molecule has 1 fully saturated rings. The fourth-order valence-corrected chi connectivity index (χ4v) is 3.15. The summed E-state index contributed by atoms with van der Waals surface area (Å²) in [4.78, 5) is 29.3. The maximum atomic E-state index is 12.6. The number of rotatable bonds is 5. The predicted octanol–water partition coefficient (Wildman–Crippen LogP) is 1.86. The van der Waals surface area contributed by atoms with E-state index in [9.17, 15) is 9.59 Å². The normalized spacial score (nSPS) is 22.8. The fraction of sp³-hybridized carbons (Fsp3) is 0.389. The molecule has 2 heterocycles. The molecule has 0 amide bonds. The minimum atomic E-state index is -0.568. The lowest BCUT2D eigenvalue weighted by Crippen LogP contribution is -2.32. The quantitative estimate of drug-likeness (QED) is 0.609. The van der Waals surface area contributed by atoms with Crippen LogP contribution in [-0.4, -0.2) is 44.6 Å². The van der Waals surface area contributed by atoms with Crippen LogP contribution in [0.2, 0.25) is 0 Å². The first kappa shape index (κ1) is 16.4. The van der Waals surface area contributed by atoms with E-state index in [1.54, 1.807) is 6.92 Å². The third-order valence-corrected chi connectivity index (χ3v) is 4.22. The van der Waals surface area contributed by atoms with Crippen LogP contribution in [0.3, 0.4) is 0 Å². The van der Waals surface area contributed by atoms with E-state index in [0.29, 0.717) is 23.6 Å². The molecular weight excluding hydrogens is 310 g/mol. The highest BCUT2D eigenvalue weighted by atomic mass is 16.6. The number of hydrogen-bond donors (Lipinski definition) is 0. The molecule has 0 bridgehead atoms. The topological polar surface area (TPSA) is 74.2 Å². The molecule has 2 aliphatic rings. The van der Waals surface area contributed by atoms with Gasteiger partial charge in [-0.3, -0.25) is 9.79 Å². The number of esters is 2. The van der Waals surface area contributed by atoms with Crippen molar-refractivity contribution in [1.82, 2.24) is 0 Å². The van der Waals surface area contributed by atoms with Crippen LogP contribution < -0.4 is 0 Å². The molecule has 0 aliphatic carbocycles. The van der Waals surface area contributed by atoms with E-state index >= 15 is 0 Å². The lowest BCUT2D eigenvalue weighted by atomic mass is 9.76. The second-order valence-electron chi connectivity index (χ2n) is 5.70. The van der Waals surface area contributed by atoms with Gasteiger partial charge in [-0.25, -0.2) is 4.79 Å². The Bertz CT molecular complexity index is 707. The molecule has 0 N–H and O–H groups in total. The smallest absolute Gasteiger partial charge is 0.336 e. The van der Waals surface area contributed by atoms with Crippen molar-refractivity contribution in [2.24, 2.45) is 10.9 Å². The van der Waals surface area contributed by atoms with Gasteiger partial charge in [-0.05, 0) is 12.5 Å². The minimum absolute atomic E-state index is 0.152. The third kappa shape index (κ3) is 2.97. The van der Waals surface area contributed by atoms with Gasteiger partial charge in [-0.2, -0.15) is 0 Å². The van der Waals surface area contributed by atoms with Crippen molar-refractivity contribution in [3.63, 3.8) is 0 Å². The van der Waals surface area contributed by atoms with Crippen molar-refractivity contribution in [1.29, 1.82) is 0 Å². The van der Waals surface area contributed by atoms with Gasteiger partial charge in [0.25, 0.3) is 0 Å². The molecule has 6 heteroatoms. The Labute approximate surface area is 140 Å². The van der Waals surface area contributed by atoms with Crippen LogP contribution in [0.4, 0.5) is 0 Å². The highest BCUT2D eigenvalue weighted by Gasteiger charge is 2.47. The Balaban J connectivity index is 2.00. The zero-order chi connectivity index (χ0) is 17.1. The molecule has 2 aliphatic heterocycles. The van der Waals surface area contributed by atoms with E-state index in [2.05, 4.69) is 4.99 Å². The molecule has 0 spiro atoms. The molecule has 0 radical (unpaired) electrons. The third-order valence-electron chi connectivity index (χ3n) is 4.22. The van der Waals surface area contributed by atoms with Gasteiger partial charge in [0.1, 0.15) is 19.1 Å². The Morgan fingerprint density at radius 2 is 2.00 bits per heavy atom. The van der Waals surface area contributed by atoms with Crippen molar-refractivity contribution in [2.75, 3.05) is 26.9 Å². The van der Waals surface area contributed by atoms with Gasteiger partial charge in [0.2, 0.25) is 0 Å². The SMILES string of the molecule is COCCOC(=O)C1=C(C)N=C2COC(=O)C2C1c1ccccc1. The van der Waals surface area contributed by atoms with Crippen LogP contribution in [0, 0.1) is 5.92 Å². The summed E-state index contributed by atoms with van der Waals surface area (Å²) in [6.45, 7) is 2.40. The molecule has 0 aromatic heterocycles. The summed E-state index contributed by atoms with van der Waals surface area (Å²) >= 11 is 0. The van der Waals surface area contributed by atoms with E-state index in [1.165, 1.54) is 7.11 Å². The number of allylic oxidation sites excluding steroid dienone is 1. The fourth-order valence-electron chi connectivity index (χ4n) is 3.15. The summed E-state index contributed by atoms with van der Waals surface area (Å²) in [7, 11) is 1.54. The number of benzene rings is 1. The number of carbonyl (C=O) groups is 2. The van der Waals surface area contributed by atoms with Crippen molar-refractivity contribution in [2.45, 2.75) is 12.8 Å². The first-order chi connectivity index (χ1) is 11.6. The molecular formula is C18H19NO5. The van der Waals surface area contributed by atoms with Gasteiger partial charge in [-0.15, -0.1) is 0 Å².